The van der Waals surface area contributed by atoms with Gasteiger partial charge in [-0.2, -0.15) is 0 Å². The normalized spacial score (nSPS) is 15.5. The number of Topliss-reactive ketones (excluding diaryl/α,β-unsaturated/α-hetero) is 1. The third-order valence-corrected chi connectivity index (χ3v) is 6.30. The summed E-state index contributed by atoms with van der Waals surface area (Å²) in [4.78, 5) is 18.3. The summed E-state index contributed by atoms with van der Waals surface area (Å²) >= 11 is 5.81. The number of rotatable bonds is 1. The van der Waals surface area contributed by atoms with E-state index in [1.54, 1.807) is 0 Å². The van der Waals surface area contributed by atoms with E-state index in [4.69, 9.17) is 0 Å². The van der Waals surface area contributed by atoms with Gasteiger partial charge in [-0.25, -0.2) is 0 Å². The number of nitrogens with one attached hydrogen (secondary N) is 1. The van der Waals surface area contributed by atoms with E-state index in [1.807, 2.05) is 72.9 Å². The summed E-state index contributed by atoms with van der Waals surface area (Å²) < 4.78 is 2.07. The van der Waals surface area contributed by atoms with E-state index >= 15 is 0 Å². The molecule has 136 valence electrons. The van der Waals surface area contributed by atoms with Gasteiger partial charge in [0, 0.05) is 30.8 Å². The van der Waals surface area contributed by atoms with Crippen molar-refractivity contribution in [2.75, 3.05) is 5.32 Å². The predicted molar refractivity (Wildman–Crippen MR) is 125 cm³/mol. The highest BCUT2D eigenvalue weighted by Gasteiger charge is 2.32. The van der Waals surface area contributed by atoms with Gasteiger partial charge in [0.15, 0.2) is 5.78 Å². The summed E-state index contributed by atoms with van der Waals surface area (Å²) in [5.74, 6) is -0.328. The number of hydrogen-bond acceptors (Lipinski definition) is 3. The van der Waals surface area contributed by atoms with Crippen molar-refractivity contribution in [1.29, 1.82) is 0 Å². The standard InChI is InChI=1S/C23H14BrIN2O/c24-14-7-10-17-20(11-14)27-22-16-3-1-2-4-19(16)26-12-18(22)21(23(17)28)13-5-8-15(25)9-6-13/h1-12,21,27H. The van der Waals surface area contributed by atoms with Crippen molar-refractivity contribution in [3.8, 4) is 0 Å². The highest BCUT2D eigenvalue weighted by Crippen LogP contribution is 2.43. The molecule has 3 aromatic carbocycles. The average Bonchev–Trinajstić information content (AvgIpc) is 2.82. The largest absolute Gasteiger partial charge is 0.354 e. The maximum absolute atomic E-state index is 13.6. The van der Waals surface area contributed by atoms with Crippen molar-refractivity contribution >= 4 is 66.6 Å². The van der Waals surface area contributed by atoms with Crippen molar-refractivity contribution in [2.45, 2.75) is 5.92 Å². The Kier molecular flexibility index (Phi) is 4.44. The molecule has 1 unspecified atom stereocenters. The number of para-hydroxylation sites is 1. The first-order valence-corrected chi connectivity index (χ1v) is 10.7. The molecule has 0 spiro atoms. The van der Waals surface area contributed by atoms with Crippen molar-refractivity contribution < 1.29 is 4.79 Å². The number of carbonyl (C=O) groups is 1. The first-order chi connectivity index (χ1) is 13.6. The third kappa shape index (κ3) is 2.93. The minimum atomic E-state index is -0.404. The van der Waals surface area contributed by atoms with E-state index in [0.717, 1.165) is 41.4 Å². The lowest BCUT2D eigenvalue weighted by atomic mass is 9.85. The van der Waals surface area contributed by atoms with Gasteiger partial charge in [-0.1, -0.05) is 46.3 Å². The van der Waals surface area contributed by atoms with Crippen molar-refractivity contribution in [3.63, 3.8) is 0 Å². The summed E-state index contributed by atoms with van der Waals surface area (Å²) in [5, 5.41) is 4.55. The molecule has 28 heavy (non-hydrogen) atoms. The number of benzene rings is 3. The van der Waals surface area contributed by atoms with Gasteiger partial charge < -0.3 is 5.32 Å². The molecule has 1 aliphatic rings. The fraction of sp³-hybridized carbons (Fsp3) is 0.0435. The van der Waals surface area contributed by atoms with Crippen LogP contribution in [0.25, 0.3) is 10.9 Å². The second kappa shape index (κ2) is 6.97. The highest BCUT2D eigenvalue weighted by molar-refractivity contribution is 14.1. The minimum Gasteiger partial charge on any atom is -0.354 e. The van der Waals surface area contributed by atoms with Crippen LogP contribution < -0.4 is 5.32 Å². The van der Waals surface area contributed by atoms with Gasteiger partial charge in [0.05, 0.1) is 22.8 Å². The van der Waals surface area contributed by atoms with Crippen molar-refractivity contribution in [3.05, 3.63) is 97.7 Å². The maximum Gasteiger partial charge on any atom is 0.176 e. The molecule has 5 rings (SSSR count). The number of fused-ring (bicyclic) bond motifs is 4. The molecule has 1 atom stereocenters. The topological polar surface area (TPSA) is 42.0 Å². The number of aromatic nitrogens is 1. The summed E-state index contributed by atoms with van der Waals surface area (Å²) in [6, 6.07) is 21.9. The smallest absolute Gasteiger partial charge is 0.176 e. The quantitative estimate of drug-likeness (QED) is 0.274. The number of carbonyl (C=O) groups excluding carboxylic acids is 1. The molecule has 1 aromatic heterocycles. The summed E-state index contributed by atoms with van der Waals surface area (Å²) in [5.41, 5.74) is 5.22. The van der Waals surface area contributed by atoms with Gasteiger partial charge in [-0.15, -0.1) is 0 Å². The molecule has 1 N–H and O–H groups in total. The lowest BCUT2D eigenvalue weighted by Crippen LogP contribution is -2.14. The van der Waals surface area contributed by atoms with Crippen LogP contribution >= 0.6 is 38.5 Å². The van der Waals surface area contributed by atoms with Crippen LogP contribution in [0.15, 0.2) is 77.4 Å². The molecule has 0 bridgehead atoms. The molecule has 0 aliphatic carbocycles. The Balaban J connectivity index is 1.84. The predicted octanol–water partition coefficient (Wildman–Crippen LogP) is 6.67. The molecule has 0 saturated heterocycles. The van der Waals surface area contributed by atoms with E-state index in [-0.39, 0.29) is 5.78 Å². The number of anilines is 2. The molecule has 4 aromatic rings. The van der Waals surface area contributed by atoms with Crippen molar-refractivity contribution in [1.82, 2.24) is 4.98 Å². The first-order valence-electron chi connectivity index (χ1n) is 8.86. The van der Waals surface area contributed by atoms with Crippen LogP contribution in [0.4, 0.5) is 11.4 Å². The van der Waals surface area contributed by atoms with Gasteiger partial charge >= 0.3 is 0 Å². The van der Waals surface area contributed by atoms with Crippen molar-refractivity contribution in [2.24, 2.45) is 0 Å². The summed E-state index contributed by atoms with van der Waals surface area (Å²) in [7, 11) is 0. The summed E-state index contributed by atoms with van der Waals surface area (Å²) in [6.45, 7) is 0. The molecule has 2 heterocycles. The molecular weight excluding hydrogens is 527 g/mol. The fourth-order valence-corrected chi connectivity index (χ4v) is 4.49. The first kappa shape index (κ1) is 17.8. The van der Waals surface area contributed by atoms with Gasteiger partial charge in [-0.3, -0.25) is 9.78 Å². The zero-order valence-electron chi connectivity index (χ0n) is 14.6. The Morgan fingerprint density at radius 2 is 1.79 bits per heavy atom. The highest BCUT2D eigenvalue weighted by atomic mass is 127. The second-order valence-electron chi connectivity index (χ2n) is 6.77. The van der Waals surface area contributed by atoms with Gasteiger partial charge in [-0.05, 0) is 64.6 Å². The van der Waals surface area contributed by atoms with Crippen LogP contribution in [-0.2, 0) is 0 Å². The van der Waals surface area contributed by atoms with Gasteiger partial charge in [0.2, 0.25) is 0 Å². The van der Waals surface area contributed by atoms with Gasteiger partial charge in [0.25, 0.3) is 0 Å². The zero-order valence-corrected chi connectivity index (χ0v) is 18.4. The lowest BCUT2D eigenvalue weighted by molar-refractivity contribution is 0.0975. The second-order valence-corrected chi connectivity index (χ2v) is 8.93. The van der Waals surface area contributed by atoms with Gasteiger partial charge in [0.1, 0.15) is 0 Å². The van der Waals surface area contributed by atoms with E-state index in [2.05, 4.69) is 48.8 Å². The van der Waals surface area contributed by atoms with Crippen LogP contribution in [0.1, 0.15) is 27.4 Å². The number of ketones is 1. The number of hydrogen-bond donors (Lipinski definition) is 1. The number of nitrogens with zero attached hydrogens (tertiary/aromatic N) is 1. The average molecular weight is 541 g/mol. The van der Waals surface area contributed by atoms with Crippen LogP contribution in [0, 0.1) is 3.57 Å². The number of halogens is 2. The molecule has 0 radical (unpaired) electrons. The van der Waals surface area contributed by atoms with Crippen LogP contribution in [-0.4, -0.2) is 10.8 Å². The lowest BCUT2D eigenvalue weighted by Gasteiger charge is -2.18. The third-order valence-electron chi connectivity index (χ3n) is 5.09. The van der Waals surface area contributed by atoms with E-state index in [1.165, 1.54) is 0 Å². The number of pyridine rings is 1. The SMILES string of the molecule is O=C1c2ccc(Br)cc2Nc2c(cnc3ccccc23)C1c1ccc(I)cc1. The molecule has 0 amide bonds. The molecule has 0 saturated carbocycles. The fourth-order valence-electron chi connectivity index (χ4n) is 3.77. The maximum atomic E-state index is 13.6. The Hall–Kier alpha value is -2.25. The molecular formula is C23H14BrIN2O. The van der Waals surface area contributed by atoms with E-state index in [9.17, 15) is 4.79 Å². The van der Waals surface area contributed by atoms with Crippen LogP contribution in [0.2, 0.25) is 0 Å². The Bertz CT molecular complexity index is 1240. The van der Waals surface area contributed by atoms with E-state index < -0.39 is 5.92 Å². The summed E-state index contributed by atoms with van der Waals surface area (Å²) in [6.07, 6.45) is 1.84. The molecule has 3 nitrogen and oxygen atoms in total. The minimum absolute atomic E-state index is 0.0760. The Labute approximate surface area is 184 Å². The molecule has 5 heteroatoms. The zero-order chi connectivity index (χ0) is 19.3. The van der Waals surface area contributed by atoms with Crippen LogP contribution in [0.3, 0.4) is 0 Å². The molecule has 0 fully saturated rings. The van der Waals surface area contributed by atoms with Crippen LogP contribution in [0.5, 0.6) is 0 Å². The Morgan fingerprint density at radius 3 is 2.61 bits per heavy atom. The Morgan fingerprint density at radius 1 is 1.00 bits per heavy atom. The van der Waals surface area contributed by atoms with E-state index in [0.29, 0.717) is 5.56 Å². The monoisotopic (exact) mass is 540 g/mol. The molecule has 1 aliphatic heterocycles.